The summed E-state index contributed by atoms with van der Waals surface area (Å²) in [5.74, 6) is 0.0793. The first kappa shape index (κ1) is 14.4. The fraction of sp³-hybridized carbons (Fsp3) is 0.500. The molecule has 0 atom stereocenters. The van der Waals surface area contributed by atoms with E-state index in [9.17, 15) is 4.79 Å². The van der Waals surface area contributed by atoms with Crippen LogP contribution in [0, 0.1) is 2.88 Å². The number of methoxy groups -OCH3 is 1. The van der Waals surface area contributed by atoms with Crippen LogP contribution in [0.25, 0.3) is 0 Å². The minimum Gasteiger partial charge on any atom is -0.383 e. The Morgan fingerprint density at radius 2 is 2.38 bits per heavy atom. The van der Waals surface area contributed by atoms with Crippen LogP contribution < -0.4 is 0 Å². The lowest BCUT2D eigenvalue weighted by Gasteiger charge is -2.20. The third-order valence-corrected chi connectivity index (χ3v) is 4.17. The lowest BCUT2D eigenvalue weighted by Crippen LogP contribution is -2.35. The number of halogens is 2. The van der Waals surface area contributed by atoms with Crippen LogP contribution in [0.2, 0.25) is 0 Å². The molecular formula is C10H13BrINO2S. The molecule has 0 unspecified atom stereocenters. The molecule has 1 amide bonds. The molecule has 0 aromatic carbocycles. The molecule has 0 N–H and O–H groups in total. The second-order valence-corrected chi connectivity index (χ2v) is 6.71. The third kappa shape index (κ3) is 4.31. The van der Waals surface area contributed by atoms with E-state index in [4.69, 9.17) is 4.74 Å². The van der Waals surface area contributed by atoms with Gasteiger partial charge < -0.3 is 9.64 Å². The molecule has 0 fully saturated rings. The molecule has 1 aromatic rings. The predicted octanol–water partition coefficient (Wildman–Crippen LogP) is 2.84. The van der Waals surface area contributed by atoms with E-state index in [1.165, 1.54) is 0 Å². The normalized spacial score (nSPS) is 10.4. The molecule has 0 spiro atoms. The van der Waals surface area contributed by atoms with Crippen LogP contribution in [-0.2, 0) is 4.74 Å². The van der Waals surface area contributed by atoms with Crippen molar-refractivity contribution in [2.75, 3.05) is 32.1 Å². The van der Waals surface area contributed by atoms with Gasteiger partial charge in [-0.15, -0.1) is 11.3 Å². The first-order chi connectivity index (χ1) is 7.69. The Kier molecular flexibility index (Phi) is 6.86. The van der Waals surface area contributed by atoms with E-state index in [-0.39, 0.29) is 5.91 Å². The number of alkyl halides is 1. The van der Waals surface area contributed by atoms with Gasteiger partial charge in [0.05, 0.1) is 15.1 Å². The minimum atomic E-state index is 0.0793. The lowest BCUT2D eigenvalue weighted by atomic mass is 10.3. The number of rotatable bonds is 6. The van der Waals surface area contributed by atoms with Gasteiger partial charge >= 0.3 is 0 Å². The summed E-state index contributed by atoms with van der Waals surface area (Å²) in [6, 6.07) is 1.92. The van der Waals surface area contributed by atoms with Gasteiger partial charge in [-0.05, 0) is 28.7 Å². The van der Waals surface area contributed by atoms with E-state index >= 15 is 0 Å². The number of carbonyl (C=O) groups excluding carboxylic acids is 1. The van der Waals surface area contributed by atoms with Crippen molar-refractivity contribution >= 4 is 55.8 Å². The summed E-state index contributed by atoms with van der Waals surface area (Å²) in [6.45, 7) is 1.90. The highest BCUT2D eigenvalue weighted by Gasteiger charge is 2.15. The maximum Gasteiger partial charge on any atom is 0.254 e. The zero-order valence-electron chi connectivity index (χ0n) is 8.91. The average Bonchev–Trinajstić information content (AvgIpc) is 2.70. The van der Waals surface area contributed by atoms with Crippen LogP contribution >= 0.6 is 49.9 Å². The van der Waals surface area contributed by atoms with Gasteiger partial charge in [0.25, 0.3) is 5.91 Å². The summed E-state index contributed by atoms with van der Waals surface area (Å²) >= 11 is 7.16. The van der Waals surface area contributed by atoms with Crippen molar-refractivity contribution in [1.82, 2.24) is 4.90 Å². The summed E-state index contributed by atoms with van der Waals surface area (Å²) in [5.41, 5.74) is 0.770. The molecule has 16 heavy (non-hydrogen) atoms. The topological polar surface area (TPSA) is 29.5 Å². The van der Waals surface area contributed by atoms with Crippen molar-refractivity contribution < 1.29 is 9.53 Å². The van der Waals surface area contributed by atoms with Crippen LogP contribution in [0.15, 0.2) is 11.4 Å². The van der Waals surface area contributed by atoms with E-state index in [0.717, 1.165) is 13.8 Å². The molecule has 1 rings (SSSR count). The van der Waals surface area contributed by atoms with Gasteiger partial charge in [0.2, 0.25) is 0 Å². The number of amides is 1. The zero-order chi connectivity index (χ0) is 12.0. The van der Waals surface area contributed by atoms with Crippen LogP contribution in [0.5, 0.6) is 0 Å². The first-order valence-electron chi connectivity index (χ1n) is 4.77. The molecule has 0 saturated carbocycles. The molecule has 1 aromatic heterocycles. The fourth-order valence-electron chi connectivity index (χ4n) is 1.22. The quantitative estimate of drug-likeness (QED) is 0.526. The molecule has 0 aliphatic carbocycles. The summed E-state index contributed by atoms with van der Waals surface area (Å²) in [6.07, 6.45) is 0. The highest BCUT2D eigenvalue weighted by atomic mass is 127. The summed E-state index contributed by atoms with van der Waals surface area (Å²) in [7, 11) is 1.64. The van der Waals surface area contributed by atoms with E-state index in [1.807, 2.05) is 11.4 Å². The second-order valence-electron chi connectivity index (χ2n) is 3.11. The Morgan fingerprint density at radius 3 is 2.88 bits per heavy atom. The maximum atomic E-state index is 12.1. The third-order valence-electron chi connectivity index (χ3n) is 2.02. The minimum absolute atomic E-state index is 0.0793. The molecule has 3 nitrogen and oxygen atoms in total. The van der Waals surface area contributed by atoms with E-state index in [1.54, 1.807) is 23.3 Å². The smallest absolute Gasteiger partial charge is 0.254 e. The SMILES string of the molecule is COCCN(CCBr)C(=O)c1csc(I)c1. The van der Waals surface area contributed by atoms with Crippen LogP contribution in [0.4, 0.5) is 0 Å². The molecule has 0 saturated heterocycles. The number of hydrogen-bond acceptors (Lipinski definition) is 3. The van der Waals surface area contributed by atoms with Crippen molar-refractivity contribution in [1.29, 1.82) is 0 Å². The van der Waals surface area contributed by atoms with Crippen molar-refractivity contribution in [3.05, 3.63) is 19.9 Å². The Labute approximate surface area is 121 Å². The first-order valence-corrected chi connectivity index (χ1v) is 7.85. The maximum absolute atomic E-state index is 12.1. The summed E-state index contributed by atoms with van der Waals surface area (Å²) < 4.78 is 6.13. The van der Waals surface area contributed by atoms with Gasteiger partial charge in [0.1, 0.15) is 0 Å². The summed E-state index contributed by atoms with van der Waals surface area (Å²) in [4.78, 5) is 13.9. The van der Waals surface area contributed by atoms with Crippen LogP contribution in [-0.4, -0.2) is 42.9 Å². The van der Waals surface area contributed by atoms with Crippen molar-refractivity contribution in [3.8, 4) is 0 Å². The van der Waals surface area contributed by atoms with E-state index < -0.39 is 0 Å². The fourth-order valence-corrected chi connectivity index (χ4v) is 2.97. The Bertz CT molecular complexity index is 345. The molecule has 0 aliphatic rings. The second kappa shape index (κ2) is 7.62. The average molecular weight is 418 g/mol. The molecule has 1 heterocycles. The predicted molar refractivity (Wildman–Crippen MR) is 78.6 cm³/mol. The van der Waals surface area contributed by atoms with Crippen molar-refractivity contribution in [3.63, 3.8) is 0 Å². The van der Waals surface area contributed by atoms with Gasteiger partial charge in [-0.2, -0.15) is 0 Å². The van der Waals surface area contributed by atoms with Crippen molar-refractivity contribution in [2.24, 2.45) is 0 Å². The van der Waals surface area contributed by atoms with E-state index in [2.05, 4.69) is 38.5 Å². The number of hydrogen-bond donors (Lipinski definition) is 0. The van der Waals surface area contributed by atoms with Gasteiger partial charge in [0, 0.05) is 30.9 Å². The molecule has 0 radical (unpaired) electrons. The standard InChI is InChI=1S/C10H13BrINO2S/c1-15-5-4-13(3-2-11)10(14)8-6-9(12)16-7-8/h6-7H,2-5H2,1H3. The number of ether oxygens (including phenoxy) is 1. The van der Waals surface area contributed by atoms with E-state index in [0.29, 0.717) is 19.7 Å². The highest BCUT2D eigenvalue weighted by molar-refractivity contribution is 14.1. The molecular weight excluding hydrogens is 405 g/mol. The lowest BCUT2D eigenvalue weighted by molar-refractivity contribution is 0.0709. The molecule has 90 valence electrons. The van der Waals surface area contributed by atoms with Gasteiger partial charge in [-0.25, -0.2) is 0 Å². The Hall–Kier alpha value is 0.340. The monoisotopic (exact) mass is 417 g/mol. The summed E-state index contributed by atoms with van der Waals surface area (Å²) in [5, 5.41) is 2.68. The number of thiophene rings is 1. The molecule has 0 aliphatic heterocycles. The Morgan fingerprint density at radius 1 is 1.62 bits per heavy atom. The largest absolute Gasteiger partial charge is 0.383 e. The van der Waals surface area contributed by atoms with Gasteiger partial charge in [0.15, 0.2) is 0 Å². The van der Waals surface area contributed by atoms with Crippen LogP contribution in [0.1, 0.15) is 10.4 Å². The van der Waals surface area contributed by atoms with Crippen LogP contribution in [0.3, 0.4) is 0 Å². The number of carbonyl (C=O) groups is 1. The van der Waals surface area contributed by atoms with Crippen molar-refractivity contribution in [2.45, 2.75) is 0 Å². The molecule has 0 bridgehead atoms. The Balaban J connectivity index is 2.66. The zero-order valence-corrected chi connectivity index (χ0v) is 13.5. The molecule has 6 heteroatoms. The van der Waals surface area contributed by atoms with Gasteiger partial charge in [-0.1, -0.05) is 15.9 Å². The highest BCUT2D eigenvalue weighted by Crippen LogP contribution is 2.18. The van der Waals surface area contributed by atoms with Gasteiger partial charge in [-0.3, -0.25) is 4.79 Å². The number of nitrogens with zero attached hydrogens (tertiary/aromatic N) is 1.